The van der Waals surface area contributed by atoms with Crippen molar-refractivity contribution in [2.75, 3.05) is 0 Å². The molecule has 1 aromatic heterocycles. The molecule has 8 heteroatoms. The molecule has 8 nitrogen and oxygen atoms in total. The SMILES string of the molecule is [C-]#[N+]c1ccc2c(=O)n(CCc3ccccc3)c(=O)n(Cc3cccc(C(=O)NO)c3)c2c1. The first kappa shape index (κ1) is 21.7. The topological polar surface area (TPSA) is 97.7 Å². The van der Waals surface area contributed by atoms with Crippen LogP contribution < -0.4 is 16.7 Å². The molecule has 1 amide bonds. The number of carbonyl (C=O) groups excluding carboxylic acids is 1. The molecule has 0 spiro atoms. The van der Waals surface area contributed by atoms with Crippen LogP contribution in [-0.2, 0) is 19.5 Å². The van der Waals surface area contributed by atoms with Gasteiger partial charge in [-0.25, -0.2) is 15.1 Å². The minimum absolute atomic E-state index is 0.0783. The first-order valence-electron chi connectivity index (χ1n) is 10.2. The fourth-order valence-corrected chi connectivity index (χ4v) is 3.77. The third-order valence-corrected chi connectivity index (χ3v) is 5.44. The van der Waals surface area contributed by atoms with Gasteiger partial charge in [0.1, 0.15) is 0 Å². The number of benzene rings is 3. The summed E-state index contributed by atoms with van der Waals surface area (Å²) in [4.78, 5) is 41.8. The first-order chi connectivity index (χ1) is 16.0. The van der Waals surface area contributed by atoms with E-state index in [-0.39, 0.29) is 18.7 Å². The highest BCUT2D eigenvalue weighted by Gasteiger charge is 2.15. The van der Waals surface area contributed by atoms with E-state index in [1.165, 1.54) is 21.3 Å². The Hall–Kier alpha value is -4.48. The molecular weight excluding hydrogens is 420 g/mol. The minimum atomic E-state index is -0.669. The molecule has 0 aliphatic rings. The minimum Gasteiger partial charge on any atom is -0.290 e. The third-order valence-electron chi connectivity index (χ3n) is 5.44. The Morgan fingerprint density at radius 1 is 0.939 bits per heavy atom. The summed E-state index contributed by atoms with van der Waals surface area (Å²) in [5, 5.41) is 9.24. The van der Waals surface area contributed by atoms with Gasteiger partial charge in [0, 0.05) is 17.6 Å². The second-order valence-corrected chi connectivity index (χ2v) is 7.52. The lowest BCUT2D eigenvalue weighted by molar-refractivity contribution is 0.0706. The molecule has 4 rings (SSSR count). The summed E-state index contributed by atoms with van der Waals surface area (Å²) in [6, 6.07) is 20.7. The molecule has 4 aromatic rings. The highest BCUT2D eigenvalue weighted by molar-refractivity contribution is 5.93. The zero-order chi connectivity index (χ0) is 23.4. The van der Waals surface area contributed by atoms with Gasteiger partial charge in [0.2, 0.25) is 0 Å². The van der Waals surface area contributed by atoms with Gasteiger partial charge in [-0.3, -0.25) is 23.9 Å². The normalized spacial score (nSPS) is 10.7. The highest BCUT2D eigenvalue weighted by atomic mass is 16.5. The van der Waals surface area contributed by atoms with E-state index >= 15 is 0 Å². The number of aryl methyl sites for hydroxylation is 1. The quantitative estimate of drug-likeness (QED) is 0.273. The van der Waals surface area contributed by atoms with Gasteiger partial charge in [-0.1, -0.05) is 54.6 Å². The zero-order valence-corrected chi connectivity index (χ0v) is 17.6. The van der Waals surface area contributed by atoms with Crippen LogP contribution in [0.25, 0.3) is 15.7 Å². The molecule has 2 N–H and O–H groups in total. The number of hydroxylamine groups is 1. The Morgan fingerprint density at radius 3 is 2.42 bits per heavy atom. The van der Waals surface area contributed by atoms with Crippen LogP contribution in [0.2, 0.25) is 0 Å². The Labute approximate surface area is 188 Å². The lowest BCUT2D eigenvalue weighted by atomic mass is 10.1. The van der Waals surface area contributed by atoms with E-state index in [1.807, 2.05) is 30.3 Å². The standard InChI is InChI=1S/C25H20N4O4/c1-26-20-10-11-21-22(15-20)29(16-18-8-5-9-19(14-18)23(30)27-33)25(32)28(24(21)31)13-12-17-6-3-2-4-7-17/h2-11,14-15,33H,12-13,16H2,(H,27,30). The monoisotopic (exact) mass is 440 g/mol. The molecular formula is C25H20N4O4. The van der Waals surface area contributed by atoms with Crippen LogP contribution in [0.15, 0.2) is 82.4 Å². The van der Waals surface area contributed by atoms with E-state index in [9.17, 15) is 14.4 Å². The Bertz CT molecular complexity index is 1500. The number of fused-ring (bicyclic) bond motifs is 1. The predicted octanol–water partition coefficient (Wildman–Crippen LogP) is 3.12. The summed E-state index contributed by atoms with van der Waals surface area (Å²) < 4.78 is 2.64. The molecule has 0 saturated heterocycles. The number of hydrogen-bond donors (Lipinski definition) is 2. The van der Waals surface area contributed by atoms with Gasteiger partial charge in [-0.15, -0.1) is 0 Å². The maximum atomic E-state index is 13.4. The molecule has 0 radical (unpaired) electrons. The van der Waals surface area contributed by atoms with Crippen molar-refractivity contribution in [2.24, 2.45) is 0 Å². The average Bonchev–Trinajstić information content (AvgIpc) is 2.86. The van der Waals surface area contributed by atoms with Gasteiger partial charge in [0.05, 0.1) is 18.5 Å². The predicted molar refractivity (Wildman–Crippen MR) is 124 cm³/mol. The van der Waals surface area contributed by atoms with Crippen LogP contribution >= 0.6 is 0 Å². The molecule has 0 unspecified atom stereocenters. The second-order valence-electron chi connectivity index (χ2n) is 7.52. The van der Waals surface area contributed by atoms with Crippen LogP contribution in [0.4, 0.5) is 5.69 Å². The van der Waals surface area contributed by atoms with Crippen molar-refractivity contribution >= 4 is 22.5 Å². The molecule has 0 bridgehead atoms. The Morgan fingerprint density at radius 2 is 1.70 bits per heavy atom. The molecule has 0 aliphatic heterocycles. The number of amides is 1. The average molecular weight is 440 g/mol. The van der Waals surface area contributed by atoms with E-state index in [0.717, 1.165) is 5.56 Å². The molecule has 3 aromatic carbocycles. The van der Waals surface area contributed by atoms with Gasteiger partial charge in [0.15, 0.2) is 5.69 Å². The third kappa shape index (κ3) is 4.44. The number of nitrogens with one attached hydrogen (secondary N) is 1. The molecule has 0 saturated carbocycles. The highest BCUT2D eigenvalue weighted by Crippen LogP contribution is 2.19. The van der Waals surface area contributed by atoms with Gasteiger partial charge in [0.25, 0.3) is 11.5 Å². The van der Waals surface area contributed by atoms with Crippen molar-refractivity contribution in [1.82, 2.24) is 14.6 Å². The summed E-state index contributed by atoms with van der Waals surface area (Å²) in [5.41, 5.74) is 3.20. The number of nitrogens with zero attached hydrogens (tertiary/aromatic N) is 3. The van der Waals surface area contributed by atoms with Crippen molar-refractivity contribution in [1.29, 1.82) is 0 Å². The lowest BCUT2D eigenvalue weighted by Crippen LogP contribution is -2.40. The van der Waals surface area contributed by atoms with Crippen LogP contribution in [0, 0.1) is 6.57 Å². The summed E-state index contributed by atoms with van der Waals surface area (Å²) in [5.74, 6) is -0.669. The van der Waals surface area contributed by atoms with Crippen LogP contribution in [-0.4, -0.2) is 20.2 Å². The van der Waals surface area contributed by atoms with Crippen molar-refractivity contribution in [2.45, 2.75) is 19.5 Å². The summed E-state index contributed by atoms with van der Waals surface area (Å²) in [6.07, 6.45) is 0.508. The second kappa shape index (κ2) is 9.34. The van der Waals surface area contributed by atoms with Crippen LogP contribution in [0.1, 0.15) is 21.5 Å². The summed E-state index contributed by atoms with van der Waals surface area (Å²) in [7, 11) is 0. The first-order valence-corrected chi connectivity index (χ1v) is 10.2. The van der Waals surface area contributed by atoms with E-state index in [0.29, 0.717) is 28.6 Å². The molecule has 0 fully saturated rings. The van der Waals surface area contributed by atoms with E-state index in [4.69, 9.17) is 11.8 Å². The van der Waals surface area contributed by atoms with Crippen molar-refractivity contribution in [3.8, 4) is 0 Å². The van der Waals surface area contributed by atoms with Crippen molar-refractivity contribution < 1.29 is 10.0 Å². The summed E-state index contributed by atoms with van der Waals surface area (Å²) in [6.45, 7) is 7.59. The summed E-state index contributed by atoms with van der Waals surface area (Å²) >= 11 is 0. The molecule has 0 aliphatic carbocycles. The number of hydrogen-bond acceptors (Lipinski definition) is 4. The number of rotatable bonds is 6. The smallest absolute Gasteiger partial charge is 0.290 e. The van der Waals surface area contributed by atoms with Crippen molar-refractivity contribution in [3.63, 3.8) is 0 Å². The van der Waals surface area contributed by atoms with Crippen molar-refractivity contribution in [3.05, 3.63) is 122 Å². The maximum Gasteiger partial charge on any atom is 0.331 e. The van der Waals surface area contributed by atoms with Gasteiger partial charge in [-0.2, -0.15) is 0 Å². The largest absolute Gasteiger partial charge is 0.331 e. The molecule has 1 heterocycles. The zero-order valence-electron chi connectivity index (χ0n) is 17.6. The van der Waals surface area contributed by atoms with E-state index in [1.54, 1.807) is 35.8 Å². The lowest BCUT2D eigenvalue weighted by Gasteiger charge is -2.15. The molecule has 33 heavy (non-hydrogen) atoms. The van der Waals surface area contributed by atoms with E-state index < -0.39 is 17.2 Å². The van der Waals surface area contributed by atoms with Crippen LogP contribution in [0.5, 0.6) is 0 Å². The maximum absolute atomic E-state index is 13.4. The van der Waals surface area contributed by atoms with Gasteiger partial charge < -0.3 is 0 Å². The molecule has 164 valence electrons. The van der Waals surface area contributed by atoms with Gasteiger partial charge >= 0.3 is 5.69 Å². The van der Waals surface area contributed by atoms with Crippen LogP contribution in [0.3, 0.4) is 0 Å². The number of aromatic nitrogens is 2. The molecule has 0 atom stereocenters. The fraction of sp³-hybridized carbons (Fsp3) is 0.120. The van der Waals surface area contributed by atoms with E-state index in [2.05, 4.69) is 4.85 Å². The fourth-order valence-electron chi connectivity index (χ4n) is 3.77. The number of carbonyl (C=O) groups is 1. The van der Waals surface area contributed by atoms with Gasteiger partial charge in [-0.05, 0) is 35.7 Å². The Balaban J connectivity index is 1.84. The Kier molecular flexibility index (Phi) is 6.15.